The van der Waals surface area contributed by atoms with Gasteiger partial charge in [0.15, 0.2) is 0 Å². The molecule has 0 aromatic heterocycles. The molecule has 2 rings (SSSR count). The van der Waals surface area contributed by atoms with Crippen molar-refractivity contribution < 1.29 is 13.2 Å². The van der Waals surface area contributed by atoms with E-state index < -0.39 is 16.2 Å². The van der Waals surface area contributed by atoms with Crippen molar-refractivity contribution in [1.82, 2.24) is 4.72 Å². The Morgan fingerprint density at radius 1 is 1.12 bits per heavy atom. The maximum absolute atomic E-state index is 11.4. The van der Waals surface area contributed by atoms with Gasteiger partial charge in [-0.2, -0.15) is 0 Å². The summed E-state index contributed by atoms with van der Waals surface area (Å²) in [5, 5.41) is 14.1. The van der Waals surface area contributed by atoms with Crippen LogP contribution in [0.4, 0.5) is 0 Å². The van der Waals surface area contributed by atoms with Gasteiger partial charge in [0.05, 0.1) is 4.90 Å². The number of benzene rings is 1. The van der Waals surface area contributed by atoms with Gasteiger partial charge >= 0.3 is 6.41 Å². The molecule has 1 heterocycles. The van der Waals surface area contributed by atoms with Crippen molar-refractivity contribution in [2.45, 2.75) is 11.1 Å². The monoisotopic (exact) mass is 252 g/mol. The Morgan fingerprint density at radius 2 is 1.71 bits per heavy atom. The van der Waals surface area contributed by atoms with Crippen LogP contribution in [-0.4, -0.2) is 14.8 Å². The molecular formula is C8H6N5O3S. The molecule has 0 aliphatic carbocycles. The van der Waals surface area contributed by atoms with Gasteiger partial charge in [-0.25, -0.2) is 13.1 Å². The van der Waals surface area contributed by atoms with Crippen molar-refractivity contribution in [2.24, 2.45) is 20.7 Å². The number of rotatable bonds is 4. The van der Waals surface area contributed by atoms with Crippen LogP contribution in [-0.2, 0) is 14.8 Å². The molecule has 0 fully saturated rings. The van der Waals surface area contributed by atoms with Crippen molar-refractivity contribution in [1.29, 1.82) is 0 Å². The van der Waals surface area contributed by atoms with Crippen LogP contribution in [0.2, 0.25) is 0 Å². The van der Waals surface area contributed by atoms with E-state index in [2.05, 4.69) is 20.7 Å². The summed E-state index contributed by atoms with van der Waals surface area (Å²) in [5.74, 6) is 0. The van der Waals surface area contributed by atoms with E-state index in [9.17, 15) is 13.2 Å². The Bertz CT molecular complexity index is 566. The zero-order valence-corrected chi connectivity index (χ0v) is 9.13. The first-order valence-corrected chi connectivity index (χ1v) is 5.91. The number of hydrogen-bond acceptors (Lipinski definition) is 7. The molecule has 1 aromatic rings. The second kappa shape index (κ2) is 4.37. The van der Waals surface area contributed by atoms with E-state index in [1.165, 1.54) is 24.3 Å². The maximum atomic E-state index is 11.4. The van der Waals surface area contributed by atoms with E-state index in [-0.39, 0.29) is 4.90 Å². The van der Waals surface area contributed by atoms with E-state index in [1.807, 2.05) is 0 Å². The third kappa shape index (κ3) is 2.33. The van der Waals surface area contributed by atoms with Gasteiger partial charge in [-0.1, -0.05) is 12.1 Å². The third-order valence-electron chi connectivity index (χ3n) is 2.03. The highest BCUT2D eigenvalue weighted by molar-refractivity contribution is 7.90. The SMILES string of the molecule is O=[C]NS(=O)(=O)c1ccc(C2N=NN=N2)cc1. The molecule has 0 atom stereocenters. The van der Waals surface area contributed by atoms with Crippen molar-refractivity contribution in [3.8, 4) is 0 Å². The zero-order valence-electron chi connectivity index (χ0n) is 8.31. The van der Waals surface area contributed by atoms with Gasteiger partial charge in [0.1, 0.15) is 0 Å². The number of nitrogens with zero attached hydrogens (tertiary/aromatic N) is 4. The number of hydrogen-bond donors (Lipinski definition) is 1. The molecule has 1 aliphatic heterocycles. The quantitative estimate of drug-likeness (QED) is 0.801. The third-order valence-corrected chi connectivity index (χ3v) is 3.27. The number of nitrogens with one attached hydrogen (secondary N) is 1. The van der Waals surface area contributed by atoms with Crippen LogP contribution in [0.1, 0.15) is 11.7 Å². The minimum absolute atomic E-state index is 0.0449. The van der Waals surface area contributed by atoms with Crippen LogP contribution in [0, 0.1) is 0 Å². The molecule has 0 bridgehead atoms. The summed E-state index contributed by atoms with van der Waals surface area (Å²) in [6, 6.07) is 5.71. The van der Waals surface area contributed by atoms with E-state index >= 15 is 0 Å². The lowest BCUT2D eigenvalue weighted by atomic mass is 10.2. The minimum atomic E-state index is -3.83. The van der Waals surface area contributed by atoms with Crippen LogP contribution in [0.5, 0.6) is 0 Å². The maximum Gasteiger partial charge on any atom is 0.324 e. The van der Waals surface area contributed by atoms with Crippen molar-refractivity contribution in [2.75, 3.05) is 0 Å². The minimum Gasteiger partial charge on any atom is -0.262 e. The second-order valence-corrected chi connectivity index (χ2v) is 4.74. The Kier molecular flexibility index (Phi) is 2.91. The van der Waals surface area contributed by atoms with Crippen molar-refractivity contribution in [3.05, 3.63) is 29.8 Å². The summed E-state index contributed by atoms with van der Waals surface area (Å²) in [7, 11) is -3.83. The van der Waals surface area contributed by atoms with Crippen molar-refractivity contribution in [3.63, 3.8) is 0 Å². The first-order chi connectivity index (χ1) is 8.13. The first-order valence-electron chi connectivity index (χ1n) is 4.42. The molecule has 87 valence electrons. The predicted octanol–water partition coefficient (Wildman–Crippen LogP) is 0.864. The Morgan fingerprint density at radius 3 is 2.24 bits per heavy atom. The van der Waals surface area contributed by atoms with E-state index in [4.69, 9.17) is 0 Å². The highest BCUT2D eigenvalue weighted by Gasteiger charge is 2.16. The number of amides is 1. The van der Waals surface area contributed by atoms with Crippen molar-refractivity contribution >= 4 is 16.4 Å². The fraction of sp³-hybridized carbons (Fsp3) is 0.125. The predicted molar refractivity (Wildman–Crippen MR) is 54.9 cm³/mol. The summed E-state index contributed by atoms with van der Waals surface area (Å²) >= 11 is 0. The Balaban J connectivity index is 2.27. The van der Waals surface area contributed by atoms with E-state index in [1.54, 1.807) is 4.72 Å². The molecule has 1 amide bonds. The molecule has 1 aromatic carbocycles. The van der Waals surface area contributed by atoms with Gasteiger partial charge < -0.3 is 0 Å². The van der Waals surface area contributed by atoms with Gasteiger partial charge in [-0.15, -0.1) is 10.2 Å². The Hall–Kier alpha value is -2.16. The average Bonchev–Trinajstić information content (AvgIpc) is 2.82. The molecule has 9 heteroatoms. The van der Waals surface area contributed by atoms with Gasteiger partial charge in [-0.3, -0.25) is 4.79 Å². The standard InChI is InChI=1S/C8H6N5O3S/c14-5-9-17(15,16)7-3-1-6(2-4-7)8-10-12-13-11-8/h1-4,8H,(H,9,14). The van der Waals surface area contributed by atoms with E-state index in [0.717, 1.165) is 6.41 Å². The molecule has 17 heavy (non-hydrogen) atoms. The smallest absolute Gasteiger partial charge is 0.262 e. The van der Waals surface area contributed by atoms with Crippen LogP contribution < -0.4 is 4.72 Å². The highest BCUT2D eigenvalue weighted by atomic mass is 32.2. The second-order valence-electron chi connectivity index (χ2n) is 3.06. The lowest BCUT2D eigenvalue weighted by Crippen LogP contribution is -2.21. The zero-order chi connectivity index (χ0) is 12.3. The van der Waals surface area contributed by atoms with Gasteiger partial charge in [0, 0.05) is 5.56 Å². The molecule has 0 saturated carbocycles. The molecule has 1 N–H and O–H groups in total. The summed E-state index contributed by atoms with van der Waals surface area (Å²) in [6.07, 6.45) is 0.591. The van der Waals surface area contributed by atoms with Crippen LogP contribution >= 0.6 is 0 Å². The van der Waals surface area contributed by atoms with Crippen LogP contribution in [0.3, 0.4) is 0 Å². The largest absolute Gasteiger partial charge is 0.324 e. The average molecular weight is 252 g/mol. The van der Waals surface area contributed by atoms with Crippen LogP contribution in [0.25, 0.3) is 0 Å². The molecule has 1 radical (unpaired) electrons. The summed E-state index contributed by atoms with van der Waals surface area (Å²) in [6.45, 7) is 0. The number of carbonyl (C=O) groups excluding carboxylic acids is 1. The van der Waals surface area contributed by atoms with Crippen LogP contribution in [0.15, 0.2) is 49.8 Å². The molecule has 1 aliphatic rings. The lowest BCUT2D eigenvalue weighted by molar-refractivity contribution is 0.547. The van der Waals surface area contributed by atoms with Gasteiger partial charge in [0.2, 0.25) is 6.17 Å². The fourth-order valence-corrected chi connectivity index (χ4v) is 1.96. The molecule has 0 spiro atoms. The van der Waals surface area contributed by atoms with Gasteiger partial charge in [0.25, 0.3) is 10.0 Å². The normalized spacial score (nSPS) is 15.1. The highest BCUT2D eigenvalue weighted by Crippen LogP contribution is 2.24. The molecule has 0 unspecified atom stereocenters. The topological polar surface area (TPSA) is 113 Å². The fourth-order valence-electron chi connectivity index (χ4n) is 1.23. The summed E-state index contributed by atoms with van der Waals surface area (Å²) < 4.78 is 24.4. The molecule has 8 nitrogen and oxygen atoms in total. The van der Waals surface area contributed by atoms with Gasteiger partial charge in [-0.05, 0) is 22.6 Å². The molecule has 0 saturated heterocycles. The van der Waals surface area contributed by atoms with E-state index in [0.29, 0.717) is 5.56 Å². The lowest BCUT2D eigenvalue weighted by Gasteiger charge is -2.04. The number of sulfonamides is 1. The summed E-state index contributed by atoms with van der Waals surface area (Å²) in [4.78, 5) is 9.95. The molecular weight excluding hydrogens is 246 g/mol. The first kappa shape index (κ1) is 11.3. The summed E-state index contributed by atoms with van der Waals surface area (Å²) in [5.41, 5.74) is 0.657. The Labute approximate surface area is 96.5 Å².